The molecular formula is C35H36N6. The van der Waals surface area contributed by atoms with Gasteiger partial charge in [-0.1, -0.05) is 68.3 Å². The summed E-state index contributed by atoms with van der Waals surface area (Å²) < 4.78 is 0. The molecule has 0 radical (unpaired) electrons. The molecule has 41 heavy (non-hydrogen) atoms. The molecule has 0 amide bonds. The Balaban J connectivity index is 1.47. The predicted molar refractivity (Wildman–Crippen MR) is 172 cm³/mol. The van der Waals surface area contributed by atoms with Gasteiger partial charge in [-0.05, 0) is 48.8 Å². The summed E-state index contributed by atoms with van der Waals surface area (Å²) in [6.45, 7) is 16.4. The molecule has 0 bridgehead atoms. The molecule has 206 valence electrons. The van der Waals surface area contributed by atoms with Gasteiger partial charge < -0.3 is 16.4 Å². The maximum atomic E-state index is 6.28. The van der Waals surface area contributed by atoms with Gasteiger partial charge in [0, 0.05) is 77.0 Å². The number of rotatable bonds is 12. The highest BCUT2D eigenvalue weighted by atomic mass is 14.9. The molecule has 0 aliphatic carbocycles. The van der Waals surface area contributed by atoms with Crippen LogP contribution in [-0.2, 0) is 12.8 Å². The number of pyridine rings is 3. The minimum atomic E-state index is 0.469. The summed E-state index contributed by atoms with van der Waals surface area (Å²) in [4.78, 5) is 13.2. The van der Waals surface area contributed by atoms with E-state index in [1.807, 2.05) is 67.9 Å². The van der Waals surface area contributed by atoms with Crippen LogP contribution < -0.4 is 16.4 Å². The molecule has 0 atom stereocenters. The first-order chi connectivity index (χ1) is 19.8. The van der Waals surface area contributed by atoms with Crippen molar-refractivity contribution in [2.45, 2.75) is 26.7 Å². The normalized spacial score (nSPS) is 11.8. The van der Waals surface area contributed by atoms with Crippen molar-refractivity contribution in [3.05, 3.63) is 157 Å². The smallest absolute Gasteiger partial charge is 0.126 e. The Morgan fingerprint density at radius 3 is 2.39 bits per heavy atom. The number of aromatic nitrogens is 3. The summed E-state index contributed by atoms with van der Waals surface area (Å²) in [7, 11) is 0. The second-order valence-corrected chi connectivity index (χ2v) is 9.83. The lowest BCUT2D eigenvalue weighted by Crippen LogP contribution is -2.14. The van der Waals surface area contributed by atoms with Crippen LogP contribution in [0.15, 0.2) is 140 Å². The largest absolute Gasteiger partial charge is 0.383 e. The van der Waals surface area contributed by atoms with Gasteiger partial charge in [0.25, 0.3) is 0 Å². The van der Waals surface area contributed by atoms with Crippen LogP contribution in [0.5, 0.6) is 0 Å². The van der Waals surface area contributed by atoms with E-state index in [1.54, 1.807) is 24.7 Å². The van der Waals surface area contributed by atoms with Gasteiger partial charge in [-0.15, -0.1) is 0 Å². The number of nitrogens with zero attached hydrogens (tertiary/aromatic N) is 3. The summed E-state index contributed by atoms with van der Waals surface area (Å²) in [6.07, 6.45) is 14.0. The third-order valence-corrected chi connectivity index (χ3v) is 6.65. The summed E-state index contributed by atoms with van der Waals surface area (Å²) in [5, 5.41) is 6.82. The van der Waals surface area contributed by atoms with Crippen molar-refractivity contribution in [1.82, 2.24) is 20.3 Å². The van der Waals surface area contributed by atoms with Gasteiger partial charge in [-0.3, -0.25) is 9.97 Å². The van der Waals surface area contributed by atoms with E-state index in [-0.39, 0.29) is 0 Å². The van der Waals surface area contributed by atoms with Crippen molar-refractivity contribution in [2.75, 3.05) is 11.1 Å². The molecule has 4 aromatic rings. The van der Waals surface area contributed by atoms with Crippen LogP contribution in [0.1, 0.15) is 30.5 Å². The summed E-state index contributed by atoms with van der Waals surface area (Å²) in [5.41, 5.74) is 16.9. The predicted octanol–water partition coefficient (Wildman–Crippen LogP) is 7.50. The summed E-state index contributed by atoms with van der Waals surface area (Å²) in [6, 6.07) is 18.3. The average molecular weight is 541 g/mol. The van der Waals surface area contributed by atoms with E-state index in [0.29, 0.717) is 12.2 Å². The average Bonchev–Trinajstić information content (AvgIpc) is 2.97. The molecule has 4 N–H and O–H groups in total. The van der Waals surface area contributed by atoms with E-state index < -0.39 is 0 Å². The van der Waals surface area contributed by atoms with Gasteiger partial charge in [0.1, 0.15) is 5.82 Å². The molecule has 0 fully saturated rings. The first-order valence-corrected chi connectivity index (χ1v) is 13.4. The molecule has 6 nitrogen and oxygen atoms in total. The molecule has 3 aromatic heterocycles. The minimum Gasteiger partial charge on any atom is -0.383 e. The number of allylic oxidation sites excluding steroid dienone is 7. The van der Waals surface area contributed by atoms with E-state index in [2.05, 4.69) is 64.4 Å². The Bertz CT molecular complexity index is 1600. The Kier molecular flexibility index (Phi) is 9.62. The van der Waals surface area contributed by atoms with Crippen molar-refractivity contribution in [1.29, 1.82) is 0 Å². The van der Waals surface area contributed by atoms with E-state index in [9.17, 15) is 0 Å². The van der Waals surface area contributed by atoms with Crippen molar-refractivity contribution in [3.8, 4) is 11.1 Å². The Morgan fingerprint density at radius 2 is 1.66 bits per heavy atom. The van der Waals surface area contributed by atoms with Crippen molar-refractivity contribution in [3.63, 3.8) is 0 Å². The molecule has 4 rings (SSSR count). The number of anilines is 2. The highest BCUT2D eigenvalue weighted by Crippen LogP contribution is 2.27. The SMILES string of the molecule is C=C/C=C(\C(C)=C(/C)NC(=C)Cc1cc(-c2cncc(NC(=C)Cc3ccccc3)c2)cnc1N)c1cccnc1. The fourth-order valence-corrected chi connectivity index (χ4v) is 4.49. The minimum absolute atomic E-state index is 0.469. The van der Waals surface area contributed by atoms with E-state index in [1.165, 1.54) is 5.56 Å². The highest BCUT2D eigenvalue weighted by Gasteiger charge is 2.11. The van der Waals surface area contributed by atoms with Gasteiger partial charge in [0.2, 0.25) is 0 Å². The lowest BCUT2D eigenvalue weighted by molar-refractivity contribution is 0.903. The zero-order valence-electron chi connectivity index (χ0n) is 23.7. The summed E-state index contributed by atoms with van der Waals surface area (Å²) >= 11 is 0. The maximum absolute atomic E-state index is 6.28. The topological polar surface area (TPSA) is 88.8 Å². The standard InChI is InChI=1S/C35H36N6/c1-6-11-34(29-14-10-15-37-20-29)26(4)27(5)40-25(3)17-30-18-31(22-39-35(30)36)32-19-33(23-38-21-32)41-24(2)16-28-12-8-7-9-13-28/h6-15,18-23,40-41H,1-3,16-17H2,4-5H3,(H2,36,39)/b27-26+,34-11+. The molecule has 1 aromatic carbocycles. The lowest BCUT2D eigenvalue weighted by Gasteiger charge is -2.17. The Hall–Kier alpha value is -5.23. The van der Waals surface area contributed by atoms with Crippen LogP contribution in [0.2, 0.25) is 0 Å². The number of nitrogen functional groups attached to an aromatic ring is 1. The van der Waals surface area contributed by atoms with Gasteiger partial charge in [0.05, 0.1) is 11.9 Å². The Labute approximate surface area is 242 Å². The third kappa shape index (κ3) is 7.90. The molecule has 0 saturated carbocycles. The van der Waals surface area contributed by atoms with Crippen molar-refractivity contribution >= 4 is 17.1 Å². The molecule has 0 aliphatic rings. The molecule has 0 spiro atoms. The molecule has 0 aliphatic heterocycles. The van der Waals surface area contributed by atoms with Crippen molar-refractivity contribution in [2.24, 2.45) is 0 Å². The van der Waals surface area contributed by atoms with Gasteiger partial charge in [-0.2, -0.15) is 0 Å². The lowest BCUT2D eigenvalue weighted by atomic mass is 9.98. The molecule has 3 heterocycles. The zero-order chi connectivity index (χ0) is 29.2. The van der Waals surface area contributed by atoms with Crippen LogP contribution in [0.25, 0.3) is 16.7 Å². The third-order valence-electron chi connectivity index (χ3n) is 6.65. The number of hydrogen-bond acceptors (Lipinski definition) is 6. The number of nitrogens with one attached hydrogen (secondary N) is 2. The molecule has 0 saturated heterocycles. The molecule has 6 heteroatoms. The van der Waals surface area contributed by atoms with E-state index >= 15 is 0 Å². The van der Waals surface area contributed by atoms with E-state index in [0.717, 1.165) is 62.6 Å². The van der Waals surface area contributed by atoms with Crippen molar-refractivity contribution < 1.29 is 0 Å². The summed E-state index contributed by atoms with van der Waals surface area (Å²) in [5.74, 6) is 0.469. The quantitative estimate of drug-likeness (QED) is 0.161. The van der Waals surface area contributed by atoms with Crippen LogP contribution >= 0.6 is 0 Å². The second kappa shape index (κ2) is 13.7. The molecule has 0 unspecified atom stereocenters. The van der Waals surface area contributed by atoms with E-state index in [4.69, 9.17) is 5.73 Å². The fraction of sp³-hybridized carbons (Fsp3) is 0.114. The zero-order valence-corrected chi connectivity index (χ0v) is 23.7. The number of benzene rings is 1. The Morgan fingerprint density at radius 1 is 0.878 bits per heavy atom. The van der Waals surface area contributed by atoms with Crippen LogP contribution in [0.3, 0.4) is 0 Å². The number of nitrogens with two attached hydrogens (primary N) is 1. The van der Waals surface area contributed by atoms with Gasteiger partial charge in [0.15, 0.2) is 0 Å². The van der Waals surface area contributed by atoms with Crippen LogP contribution in [0.4, 0.5) is 11.5 Å². The number of hydrogen-bond donors (Lipinski definition) is 3. The molecular weight excluding hydrogens is 504 g/mol. The highest BCUT2D eigenvalue weighted by molar-refractivity contribution is 5.79. The van der Waals surface area contributed by atoms with Crippen LogP contribution in [0, 0.1) is 0 Å². The monoisotopic (exact) mass is 540 g/mol. The fourth-order valence-electron chi connectivity index (χ4n) is 4.49. The first-order valence-electron chi connectivity index (χ1n) is 13.4. The van der Waals surface area contributed by atoms with Gasteiger partial charge >= 0.3 is 0 Å². The van der Waals surface area contributed by atoms with Crippen LogP contribution in [-0.4, -0.2) is 15.0 Å². The second-order valence-electron chi connectivity index (χ2n) is 9.83. The van der Waals surface area contributed by atoms with Gasteiger partial charge in [-0.25, -0.2) is 4.98 Å². The maximum Gasteiger partial charge on any atom is 0.126 e. The first kappa shape index (κ1) is 28.8.